The van der Waals surface area contributed by atoms with E-state index in [-0.39, 0.29) is 6.04 Å². The number of fused-ring (bicyclic) bond motifs is 2. The number of benzene rings is 2. The topological polar surface area (TPSA) is 138 Å². The van der Waals surface area contributed by atoms with Crippen LogP contribution in [0.15, 0.2) is 61.1 Å². The number of hydrogen-bond acceptors (Lipinski definition) is 9. The van der Waals surface area contributed by atoms with E-state index in [1.54, 1.807) is 24.7 Å². The molecule has 0 bridgehead atoms. The van der Waals surface area contributed by atoms with E-state index in [1.807, 2.05) is 43.3 Å². The molecule has 7 rings (SSSR count). The van der Waals surface area contributed by atoms with Crippen LogP contribution in [0.5, 0.6) is 5.75 Å². The number of rotatable bonds is 8. The average Bonchev–Trinajstić information content (AvgIpc) is 3.59. The molecule has 12 heteroatoms. The molecule has 0 radical (unpaired) electrons. The summed E-state index contributed by atoms with van der Waals surface area (Å²) in [6, 6.07) is 12.6. The largest absolute Gasteiger partial charge is 0.492 e. The minimum Gasteiger partial charge on any atom is -0.492 e. The number of halogens is 1. The Balaban J connectivity index is 1.24. The third-order valence-corrected chi connectivity index (χ3v) is 7.29. The predicted molar refractivity (Wildman–Crippen MR) is 160 cm³/mol. The van der Waals surface area contributed by atoms with Crippen LogP contribution in [-0.4, -0.2) is 86.4 Å². The van der Waals surface area contributed by atoms with Gasteiger partial charge in [-0.15, -0.1) is 0 Å². The second kappa shape index (κ2) is 10.5. The zero-order valence-corrected chi connectivity index (χ0v) is 23.2. The van der Waals surface area contributed by atoms with Gasteiger partial charge in [0.25, 0.3) is 0 Å². The van der Waals surface area contributed by atoms with Crippen LogP contribution >= 0.6 is 0 Å². The van der Waals surface area contributed by atoms with Gasteiger partial charge in [-0.1, -0.05) is 6.07 Å². The highest BCUT2D eigenvalue weighted by atomic mass is 19.1. The Morgan fingerprint density at radius 3 is 2.74 bits per heavy atom. The summed E-state index contributed by atoms with van der Waals surface area (Å²) < 4.78 is 20.4. The number of ether oxygens (including phenoxy) is 1. The highest BCUT2D eigenvalue weighted by molar-refractivity contribution is 5.97. The lowest BCUT2D eigenvalue weighted by Crippen LogP contribution is -2.56. The summed E-state index contributed by atoms with van der Waals surface area (Å²) in [5.41, 5.74) is 11.6. The van der Waals surface area contributed by atoms with Crippen molar-refractivity contribution in [3.63, 3.8) is 0 Å². The zero-order valence-electron chi connectivity index (χ0n) is 23.2. The maximum Gasteiger partial charge on any atom is 0.159 e. The number of pyridine rings is 1. The Morgan fingerprint density at radius 2 is 1.90 bits per heavy atom. The first-order chi connectivity index (χ1) is 20.4. The molecule has 4 aromatic heterocycles. The smallest absolute Gasteiger partial charge is 0.159 e. The highest BCUT2D eigenvalue weighted by Gasteiger charge is 2.25. The molecule has 0 spiro atoms. The molecule has 1 aliphatic heterocycles. The third kappa shape index (κ3) is 4.91. The lowest BCUT2D eigenvalue weighted by atomic mass is 10.1. The van der Waals surface area contributed by atoms with Gasteiger partial charge >= 0.3 is 0 Å². The van der Waals surface area contributed by atoms with E-state index in [0.717, 1.165) is 46.6 Å². The Kier molecular flexibility index (Phi) is 6.48. The molecule has 0 amide bonds. The average molecular weight is 565 g/mol. The summed E-state index contributed by atoms with van der Waals surface area (Å²) >= 11 is 0. The molecule has 0 unspecified atom stereocenters. The van der Waals surface area contributed by atoms with Gasteiger partial charge in [0.1, 0.15) is 35.2 Å². The molecular weight excluding hydrogens is 535 g/mol. The van der Waals surface area contributed by atoms with Crippen LogP contribution in [0.2, 0.25) is 0 Å². The van der Waals surface area contributed by atoms with Gasteiger partial charge in [-0.25, -0.2) is 14.4 Å². The van der Waals surface area contributed by atoms with E-state index in [9.17, 15) is 4.39 Å². The first-order valence-corrected chi connectivity index (χ1v) is 13.7. The van der Waals surface area contributed by atoms with Gasteiger partial charge in [-0.05, 0) is 44.4 Å². The number of H-pyrrole nitrogens is 2. The molecule has 5 heterocycles. The number of nitrogens with zero attached hydrogens (tertiary/aromatic N) is 7. The predicted octanol–water partition coefficient (Wildman–Crippen LogP) is 3.85. The number of anilines is 1. The first kappa shape index (κ1) is 26.0. The van der Waals surface area contributed by atoms with E-state index in [2.05, 4.69) is 30.0 Å². The van der Waals surface area contributed by atoms with Gasteiger partial charge in [0, 0.05) is 54.5 Å². The molecule has 0 saturated carbocycles. The van der Waals surface area contributed by atoms with Crippen molar-refractivity contribution in [2.24, 2.45) is 5.73 Å². The van der Waals surface area contributed by atoms with Crippen molar-refractivity contribution in [1.82, 2.24) is 40.0 Å². The summed E-state index contributed by atoms with van der Waals surface area (Å²) in [5, 5.41) is 8.54. The van der Waals surface area contributed by atoms with E-state index in [1.165, 1.54) is 12.1 Å². The second-order valence-corrected chi connectivity index (χ2v) is 10.7. The van der Waals surface area contributed by atoms with Crippen LogP contribution < -0.4 is 15.4 Å². The van der Waals surface area contributed by atoms with Crippen LogP contribution in [0, 0.1) is 5.82 Å². The Bertz CT molecular complexity index is 1910. The highest BCUT2D eigenvalue weighted by Crippen LogP contribution is 2.33. The fourth-order valence-electron chi connectivity index (χ4n) is 5.09. The van der Waals surface area contributed by atoms with Crippen molar-refractivity contribution in [2.45, 2.75) is 6.04 Å². The van der Waals surface area contributed by atoms with Crippen molar-refractivity contribution >= 4 is 27.8 Å². The molecule has 212 valence electrons. The Morgan fingerprint density at radius 1 is 1.02 bits per heavy atom. The summed E-state index contributed by atoms with van der Waals surface area (Å²) in [6.45, 7) is 2.70. The summed E-state index contributed by atoms with van der Waals surface area (Å²) in [6.07, 6.45) is 5.18. The van der Waals surface area contributed by atoms with Crippen molar-refractivity contribution < 1.29 is 9.13 Å². The molecule has 0 atom stereocenters. The molecule has 6 aromatic rings. The van der Waals surface area contributed by atoms with Crippen molar-refractivity contribution in [2.75, 3.05) is 45.2 Å². The van der Waals surface area contributed by atoms with Crippen molar-refractivity contribution in [3.05, 3.63) is 66.9 Å². The Labute approximate surface area is 240 Å². The molecule has 1 fully saturated rings. The van der Waals surface area contributed by atoms with Gasteiger partial charge in [-0.2, -0.15) is 5.10 Å². The number of nitrogens with one attached hydrogen (secondary N) is 2. The van der Waals surface area contributed by atoms with Crippen molar-refractivity contribution in [1.29, 1.82) is 0 Å². The summed E-state index contributed by atoms with van der Waals surface area (Å²) in [7, 11) is 3.92. The van der Waals surface area contributed by atoms with E-state index >= 15 is 0 Å². The zero-order chi connectivity index (χ0) is 28.8. The summed E-state index contributed by atoms with van der Waals surface area (Å²) in [5.74, 6) is 1.41. The maximum absolute atomic E-state index is 14.6. The van der Waals surface area contributed by atoms with Crippen LogP contribution in [0.1, 0.15) is 0 Å². The normalized spacial score (nSPS) is 13.8. The van der Waals surface area contributed by atoms with Crippen LogP contribution in [0.4, 0.5) is 10.2 Å². The van der Waals surface area contributed by atoms with E-state index in [4.69, 9.17) is 20.4 Å². The minimum atomic E-state index is -0.406. The van der Waals surface area contributed by atoms with Gasteiger partial charge in [0.15, 0.2) is 5.82 Å². The maximum atomic E-state index is 14.6. The molecule has 1 saturated heterocycles. The Hall–Kier alpha value is -4.94. The number of nitrogens with two attached hydrogens (primary N) is 1. The number of aromatic amines is 2. The van der Waals surface area contributed by atoms with Gasteiger partial charge in [0.05, 0.1) is 34.8 Å². The SMILES string of the molecule is CN(C)CCOc1cc(F)cc(-c2nccc3[nH]c(-c4n[nH]c5ccc(-c6cncc(N7CC(N)C7)n6)cc45)nc23)c1. The first-order valence-electron chi connectivity index (χ1n) is 13.7. The van der Waals surface area contributed by atoms with Gasteiger partial charge in [-0.3, -0.25) is 15.1 Å². The molecule has 0 aliphatic carbocycles. The van der Waals surface area contributed by atoms with E-state index in [0.29, 0.717) is 47.2 Å². The number of imidazole rings is 1. The van der Waals surface area contributed by atoms with Gasteiger partial charge < -0.3 is 25.3 Å². The van der Waals surface area contributed by atoms with Crippen LogP contribution in [0.3, 0.4) is 0 Å². The lowest BCUT2D eigenvalue weighted by Gasteiger charge is -2.37. The molecule has 4 N–H and O–H groups in total. The molecule has 2 aromatic carbocycles. The minimum absolute atomic E-state index is 0.171. The van der Waals surface area contributed by atoms with Crippen molar-refractivity contribution in [3.8, 4) is 39.8 Å². The fraction of sp³-hybridized carbons (Fsp3) is 0.233. The molecule has 42 heavy (non-hydrogen) atoms. The number of likely N-dealkylation sites (N-methyl/N-ethyl adjacent to an activating group) is 1. The van der Waals surface area contributed by atoms with Crippen LogP contribution in [0.25, 0.3) is 56.0 Å². The quantitative estimate of drug-likeness (QED) is 0.252. The molecule has 1 aliphatic rings. The monoisotopic (exact) mass is 564 g/mol. The lowest BCUT2D eigenvalue weighted by molar-refractivity contribution is 0.260. The fourth-order valence-corrected chi connectivity index (χ4v) is 5.09. The standard InChI is InChI=1S/C30H29FN10O/c1-40(2)7-8-42-21-10-18(9-19(31)12-21)27-29-24(5-6-34-27)36-30(37-29)28-22-11-17(3-4-23(22)38-39-28)25-13-33-14-26(35-25)41-15-20(32)16-41/h3-6,9-14,20H,7-8,15-16,32H2,1-2H3,(H,36,37)(H,38,39). The number of aromatic nitrogens is 7. The molecule has 11 nitrogen and oxygen atoms in total. The number of hydrogen-bond donors (Lipinski definition) is 3. The third-order valence-electron chi connectivity index (χ3n) is 7.29. The summed E-state index contributed by atoms with van der Waals surface area (Å²) in [4.78, 5) is 26.1. The second-order valence-electron chi connectivity index (χ2n) is 10.7. The molecular formula is C30H29FN10O. The van der Waals surface area contributed by atoms with E-state index < -0.39 is 5.82 Å². The van der Waals surface area contributed by atoms with Crippen LogP contribution in [-0.2, 0) is 0 Å². The van der Waals surface area contributed by atoms with Gasteiger partial charge in [0.2, 0.25) is 0 Å².